The highest BCUT2D eigenvalue weighted by Crippen LogP contribution is 2.45. The summed E-state index contributed by atoms with van der Waals surface area (Å²) in [6.45, 7) is 5.39. The van der Waals surface area contributed by atoms with E-state index in [9.17, 15) is 5.11 Å². The molecule has 1 aliphatic carbocycles. The Kier molecular flexibility index (Phi) is 5.83. The van der Waals surface area contributed by atoms with Crippen LogP contribution in [0.1, 0.15) is 56.6 Å². The lowest BCUT2D eigenvalue weighted by atomic mass is 9.64. The predicted molar refractivity (Wildman–Crippen MR) is 117 cm³/mol. The van der Waals surface area contributed by atoms with Crippen LogP contribution in [0.5, 0.6) is 0 Å². The van der Waals surface area contributed by atoms with E-state index in [1.54, 1.807) is 0 Å². The minimum absolute atomic E-state index is 0.300. The fourth-order valence-corrected chi connectivity index (χ4v) is 5.44. The number of nitrogens with zero attached hydrogens (tertiary/aromatic N) is 1. The molecule has 4 rings (SSSR count). The molecule has 2 unspecified atom stereocenters. The molecule has 2 fully saturated rings. The lowest BCUT2D eigenvalue weighted by molar-refractivity contribution is 0.00885. The van der Waals surface area contributed by atoms with Crippen molar-refractivity contribution in [2.75, 3.05) is 19.6 Å². The van der Waals surface area contributed by atoms with E-state index in [1.807, 2.05) is 49.4 Å². The van der Waals surface area contributed by atoms with E-state index in [0.29, 0.717) is 11.3 Å². The number of piperidine rings is 1. The van der Waals surface area contributed by atoms with Gasteiger partial charge in [-0.3, -0.25) is 0 Å². The Morgan fingerprint density at radius 2 is 1.79 bits per heavy atom. The predicted octanol–water partition coefficient (Wildman–Crippen LogP) is 5.77. The highest BCUT2D eigenvalue weighted by atomic mass is 35.5. The molecular weight excluding hydrogens is 366 g/mol. The van der Waals surface area contributed by atoms with Crippen molar-refractivity contribution >= 4 is 11.6 Å². The fourth-order valence-electron chi connectivity index (χ4n) is 5.31. The Morgan fingerprint density at radius 1 is 1.07 bits per heavy atom. The van der Waals surface area contributed by atoms with Crippen molar-refractivity contribution in [1.82, 2.24) is 4.90 Å². The van der Waals surface area contributed by atoms with E-state index in [1.165, 1.54) is 44.2 Å². The summed E-state index contributed by atoms with van der Waals surface area (Å²) in [5.74, 6) is 0.548. The standard InChI is InChI=1S/C25H32ClNO/c1-24(28,21-8-3-2-4-9-21)17-20-7-5-16-27(18-20)19-25(14-6-15-25)22-10-12-23(26)13-11-22/h2-4,8-13,20,28H,5-7,14-19H2,1H3. The molecule has 1 aliphatic heterocycles. The van der Waals surface area contributed by atoms with Crippen LogP contribution < -0.4 is 0 Å². The second-order valence-electron chi connectivity index (χ2n) is 9.23. The van der Waals surface area contributed by atoms with Gasteiger partial charge in [-0.05, 0) is 74.8 Å². The third-order valence-corrected chi connectivity index (χ3v) is 7.23. The number of aliphatic hydroxyl groups is 1. The second kappa shape index (κ2) is 8.18. The SMILES string of the molecule is CC(O)(CC1CCCN(CC2(c3ccc(Cl)cc3)CCC2)C1)c1ccccc1. The molecule has 3 heteroatoms. The number of likely N-dealkylation sites (tertiary alicyclic amines) is 1. The molecule has 2 nitrogen and oxygen atoms in total. The van der Waals surface area contributed by atoms with Crippen LogP contribution in [0.15, 0.2) is 54.6 Å². The zero-order valence-electron chi connectivity index (χ0n) is 16.9. The number of benzene rings is 2. The molecule has 2 aliphatic rings. The summed E-state index contributed by atoms with van der Waals surface area (Å²) in [4.78, 5) is 2.66. The van der Waals surface area contributed by atoms with Gasteiger partial charge in [0.05, 0.1) is 5.60 Å². The van der Waals surface area contributed by atoms with Crippen molar-refractivity contribution in [2.45, 2.75) is 56.5 Å². The van der Waals surface area contributed by atoms with Crippen LogP contribution in [-0.4, -0.2) is 29.6 Å². The van der Waals surface area contributed by atoms with Gasteiger partial charge in [-0.2, -0.15) is 0 Å². The molecule has 0 bridgehead atoms. The first-order chi connectivity index (χ1) is 13.5. The summed E-state index contributed by atoms with van der Waals surface area (Å²) in [5.41, 5.74) is 2.03. The van der Waals surface area contributed by atoms with E-state index in [-0.39, 0.29) is 0 Å². The van der Waals surface area contributed by atoms with Crippen LogP contribution in [0.25, 0.3) is 0 Å². The first kappa shape index (κ1) is 19.9. The first-order valence-corrected chi connectivity index (χ1v) is 11.1. The lowest BCUT2D eigenvalue weighted by Gasteiger charge is -2.48. The van der Waals surface area contributed by atoms with Gasteiger partial charge in [0.1, 0.15) is 0 Å². The van der Waals surface area contributed by atoms with Crippen LogP contribution in [0.4, 0.5) is 0 Å². The molecule has 1 heterocycles. The third kappa shape index (κ3) is 4.30. The fraction of sp³-hybridized carbons (Fsp3) is 0.520. The minimum atomic E-state index is -0.751. The Balaban J connectivity index is 1.42. The Morgan fingerprint density at radius 3 is 2.43 bits per heavy atom. The maximum Gasteiger partial charge on any atom is 0.0871 e. The van der Waals surface area contributed by atoms with Crippen molar-refractivity contribution in [1.29, 1.82) is 0 Å². The van der Waals surface area contributed by atoms with E-state index < -0.39 is 5.60 Å². The molecular formula is C25H32ClNO. The van der Waals surface area contributed by atoms with Gasteiger partial charge in [0, 0.05) is 23.5 Å². The lowest BCUT2D eigenvalue weighted by Crippen LogP contribution is -2.49. The Labute approximate surface area is 174 Å². The van der Waals surface area contributed by atoms with Crippen molar-refractivity contribution in [3.05, 3.63) is 70.7 Å². The van der Waals surface area contributed by atoms with Gasteiger partial charge >= 0.3 is 0 Å². The highest BCUT2D eigenvalue weighted by molar-refractivity contribution is 6.30. The summed E-state index contributed by atoms with van der Waals surface area (Å²) in [6, 6.07) is 18.7. The van der Waals surface area contributed by atoms with Crippen LogP contribution in [-0.2, 0) is 11.0 Å². The summed E-state index contributed by atoms with van der Waals surface area (Å²) in [7, 11) is 0. The van der Waals surface area contributed by atoms with Gasteiger partial charge in [-0.25, -0.2) is 0 Å². The largest absolute Gasteiger partial charge is 0.385 e. The molecule has 0 radical (unpaired) electrons. The maximum atomic E-state index is 11.1. The molecule has 0 amide bonds. The highest BCUT2D eigenvalue weighted by Gasteiger charge is 2.41. The van der Waals surface area contributed by atoms with Gasteiger partial charge in [0.15, 0.2) is 0 Å². The van der Waals surface area contributed by atoms with Crippen LogP contribution in [0.3, 0.4) is 0 Å². The molecule has 2 aromatic carbocycles. The minimum Gasteiger partial charge on any atom is -0.385 e. The van der Waals surface area contributed by atoms with Gasteiger partial charge < -0.3 is 10.0 Å². The van der Waals surface area contributed by atoms with E-state index in [0.717, 1.165) is 30.1 Å². The van der Waals surface area contributed by atoms with Crippen molar-refractivity contribution < 1.29 is 5.11 Å². The third-order valence-electron chi connectivity index (χ3n) is 6.98. The second-order valence-corrected chi connectivity index (χ2v) is 9.66. The molecule has 150 valence electrons. The van der Waals surface area contributed by atoms with E-state index >= 15 is 0 Å². The van der Waals surface area contributed by atoms with Gasteiger partial charge in [0.25, 0.3) is 0 Å². The zero-order valence-corrected chi connectivity index (χ0v) is 17.7. The zero-order chi connectivity index (χ0) is 19.6. The molecule has 2 atom stereocenters. The molecule has 1 saturated carbocycles. The molecule has 0 spiro atoms. The maximum absolute atomic E-state index is 11.1. The molecule has 2 aromatic rings. The number of rotatable bonds is 6. The van der Waals surface area contributed by atoms with Crippen LogP contribution in [0, 0.1) is 5.92 Å². The summed E-state index contributed by atoms with van der Waals surface area (Å²) in [5, 5.41) is 11.9. The number of hydrogen-bond acceptors (Lipinski definition) is 2. The van der Waals surface area contributed by atoms with Crippen molar-refractivity contribution in [3.8, 4) is 0 Å². The van der Waals surface area contributed by atoms with E-state index in [2.05, 4.69) is 17.0 Å². The quantitative estimate of drug-likeness (QED) is 0.668. The van der Waals surface area contributed by atoms with Crippen molar-refractivity contribution in [3.63, 3.8) is 0 Å². The first-order valence-electron chi connectivity index (χ1n) is 10.7. The summed E-state index contributed by atoms with van der Waals surface area (Å²) < 4.78 is 0. The smallest absolute Gasteiger partial charge is 0.0871 e. The van der Waals surface area contributed by atoms with E-state index in [4.69, 9.17) is 11.6 Å². The molecule has 0 aromatic heterocycles. The normalized spacial score (nSPS) is 24.3. The summed E-state index contributed by atoms with van der Waals surface area (Å²) >= 11 is 6.11. The Bertz CT molecular complexity index is 767. The molecule has 1 saturated heterocycles. The van der Waals surface area contributed by atoms with Gasteiger partial charge in [-0.1, -0.05) is 60.5 Å². The Hall–Kier alpha value is -1.35. The van der Waals surface area contributed by atoms with Gasteiger partial charge in [-0.15, -0.1) is 0 Å². The average Bonchev–Trinajstić information content (AvgIpc) is 2.66. The topological polar surface area (TPSA) is 23.5 Å². The molecule has 1 N–H and O–H groups in total. The van der Waals surface area contributed by atoms with Crippen molar-refractivity contribution in [2.24, 2.45) is 5.92 Å². The number of hydrogen-bond donors (Lipinski definition) is 1. The van der Waals surface area contributed by atoms with Gasteiger partial charge in [0.2, 0.25) is 0 Å². The average molecular weight is 398 g/mol. The monoisotopic (exact) mass is 397 g/mol. The molecule has 28 heavy (non-hydrogen) atoms. The van der Waals surface area contributed by atoms with Crippen LogP contribution in [0.2, 0.25) is 5.02 Å². The number of halogens is 1. The van der Waals surface area contributed by atoms with Crippen LogP contribution >= 0.6 is 11.6 Å². The summed E-state index contributed by atoms with van der Waals surface area (Å²) in [6.07, 6.45) is 7.15.